The molecule has 5 nitrogen and oxygen atoms in total. The number of para-hydroxylation sites is 1. The Labute approximate surface area is 151 Å². The zero-order valence-electron chi connectivity index (χ0n) is 14.3. The molecule has 0 saturated carbocycles. The van der Waals surface area contributed by atoms with Crippen LogP contribution in [-0.4, -0.2) is 34.3 Å². The van der Waals surface area contributed by atoms with Crippen molar-refractivity contribution in [1.82, 2.24) is 9.88 Å². The van der Waals surface area contributed by atoms with Crippen LogP contribution in [0.1, 0.15) is 23.3 Å². The van der Waals surface area contributed by atoms with E-state index in [0.29, 0.717) is 18.7 Å². The summed E-state index contributed by atoms with van der Waals surface area (Å²) in [5.74, 6) is -0.338. The maximum absolute atomic E-state index is 13.1. The second-order valence-electron chi connectivity index (χ2n) is 6.39. The number of fused-ring (bicyclic) bond motifs is 1. The average molecular weight is 345 g/mol. The number of rotatable bonds is 3. The summed E-state index contributed by atoms with van der Waals surface area (Å²) >= 11 is 0. The molecule has 2 aromatic carbocycles. The van der Waals surface area contributed by atoms with Gasteiger partial charge in [0, 0.05) is 23.8 Å². The fourth-order valence-electron chi connectivity index (χ4n) is 3.46. The SMILES string of the molecule is O=C(Nc1ccccc1)[C@@H]1CCCN1C(=O)c1nccc2ccccc12. The molecule has 2 amide bonds. The van der Waals surface area contributed by atoms with Crippen LogP contribution in [0.2, 0.25) is 0 Å². The molecule has 3 aromatic rings. The number of nitrogens with zero attached hydrogens (tertiary/aromatic N) is 2. The van der Waals surface area contributed by atoms with Gasteiger partial charge in [-0.3, -0.25) is 14.6 Å². The number of aromatic nitrogens is 1. The number of anilines is 1. The third-order valence-corrected chi connectivity index (χ3v) is 4.73. The molecule has 130 valence electrons. The van der Waals surface area contributed by atoms with E-state index in [1.165, 1.54) is 0 Å². The molecule has 1 atom stereocenters. The van der Waals surface area contributed by atoms with Gasteiger partial charge in [0.05, 0.1) is 0 Å². The molecule has 4 rings (SSSR count). The number of likely N-dealkylation sites (tertiary alicyclic amines) is 1. The molecule has 1 aliphatic rings. The number of carbonyl (C=O) groups excluding carboxylic acids is 2. The lowest BCUT2D eigenvalue weighted by Gasteiger charge is -2.24. The van der Waals surface area contributed by atoms with E-state index in [4.69, 9.17) is 0 Å². The van der Waals surface area contributed by atoms with Gasteiger partial charge < -0.3 is 10.2 Å². The Morgan fingerprint density at radius 3 is 2.62 bits per heavy atom. The standard InChI is InChI=1S/C21H19N3O2/c25-20(23-16-8-2-1-3-9-16)18-11-6-14-24(18)21(26)19-17-10-5-4-7-15(17)12-13-22-19/h1-5,7-10,12-13,18H,6,11,14H2,(H,23,25)/t18-/m0/s1. The van der Waals surface area contributed by atoms with Gasteiger partial charge in [-0.25, -0.2) is 0 Å². The highest BCUT2D eigenvalue weighted by atomic mass is 16.2. The van der Waals surface area contributed by atoms with E-state index in [0.717, 1.165) is 22.9 Å². The number of hydrogen-bond donors (Lipinski definition) is 1. The summed E-state index contributed by atoms with van der Waals surface area (Å²) in [7, 11) is 0. The Kier molecular flexibility index (Phi) is 4.35. The second kappa shape index (κ2) is 6.96. The van der Waals surface area contributed by atoms with Gasteiger partial charge in [0.1, 0.15) is 11.7 Å². The lowest BCUT2D eigenvalue weighted by molar-refractivity contribution is -0.119. The van der Waals surface area contributed by atoms with Crippen molar-refractivity contribution in [1.29, 1.82) is 0 Å². The number of benzene rings is 2. The Morgan fingerprint density at radius 2 is 1.77 bits per heavy atom. The van der Waals surface area contributed by atoms with E-state index in [1.807, 2.05) is 60.7 Å². The molecule has 1 aliphatic heterocycles. The maximum Gasteiger partial charge on any atom is 0.273 e. The Bertz CT molecular complexity index is 950. The molecule has 0 radical (unpaired) electrons. The third-order valence-electron chi connectivity index (χ3n) is 4.73. The zero-order valence-corrected chi connectivity index (χ0v) is 14.3. The highest BCUT2D eigenvalue weighted by Gasteiger charge is 2.35. The number of amides is 2. The number of hydrogen-bond acceptors (Lipinski definition) is 3. The van der Waals surface area contributed by atoms with Gasteiger partial charge in [-0.1, -0.05) is 42.5 Å². The van der Waals surface area contributed by atoms with Crippen molar-refractivity contribution < 1.29 is 9.59 Å². The zero-order chi connectivity index (χ0) is 17.9. The minimum absolute atomic E-state index is 0.151. The summed E-state index contributed by atoms with van der Waals surface area (Å²) in [6.45, 7) is 0.566. The minimum Gasteiger partial charge on any atom is -0.325 e. The predicted octanol–water partition coefficient (Wildman–Crippen LogP) is 3.48. The molecule has 0 bridgehead atoms. The molecule has 0 unspecified atom stereocenters. The van der Waals surface area contributed by atoms with Crippen LogP contribution in [0.3, 0.4) is 0 Å². The third kappa shape index (κ3) is 3.04. The normalized spacial score (nSPS) is 16.6. The quantitative estimate of drug-likeness (QED) is 0.790. The molecule has 26 heavy (non-hydrogen) atoms. The van der Waals surface area contributed by atoms with Crippen LogP contribution in [0.15, 0.2) is 66.9 Å². The van der Waals surface area contributed by atoms with E-state index in [-0.39, 0.29) is 11.8 Å². The summed E-state index contributed by atoms with van der Waals surface area (Å²) in [4.78, 5) is 31.8. The monoisotopic (exact) mass is 345 g/mol. The van der Waals surface area contributed by atoms with Gasteiger partial charge in [-0.2, -0.15) is 0 Å². The average Bonchev–Trinajstić information content (AvgIpc) is 3.18. The first kappa shape index (κ1) is 16.3. The van der Waals surface area contributed by atoms with E-state index >= 15 is 0 Å². The van der Waals surface area contributed by atoms with Crippen LogP contribution < -0.4 is 5.32 Å². The molecule has 1 fully saturated rings. The first-order valence-electron chi connectivity index (χ1n) is 8.75. The highest BCUT2D eigenvalue weighted by molar-refractivity contribution is 6.07. The topological polar surface area (TPSA) is 62.3 Å². The van der Waals surface area contributed by atoms with Crippen LogP contribution in [0.5, 0.6) is 0 Å². The van der Waals surface area contributed by atoms with Gasteiger partial charge in [-0.05, 0) is 36.4 Å². The van der Waals surface area contributed by atoms with E-state index < -0.39 is 6.04 Å². The minimum atomic E-state index is -0.469. The summed E-state index contributed by atoms with van der Waals surface area (Å²) < 4.78 is 0. The fraction of sp³-hybridized carbons (Fsp3) is 0.190. The van der Waals surface area contributed by atoms with Crippen molar-refractivity contribution in [3.63, 3.8) is 0 Å². The number of nitrogens with one attached hydrogen (secondary N) is 1. The van der Waals surface area contributed by atoms with Gasteiger partial charge in [0.2, 0.25) is 5.91 Å². The first-order chi connectivity index (χ1) is 12.7. The van der Waals surface area contributed by atoms with Crippen molar-refractivity contribution >= 4 is 28.3 Å². The Balaban J connectivity index is 1.59. The summed E-state index contributed by atoms with van der Waals surface area (Å²) in [5, 5.41) is 4.69. The van der Waals surface area contributed by atoms with Crippen LogP contribution in [0.25, 0.3) is 10.8 Å². The lowest BCUT2D eigenvalue weighted by atomic mass is 10.1. The van der Waals surface area contributed by atoms with Crippen LogP contribution >= 0.6 is 0 Å². The van der Waals surface area contributed by atoms with E-state index in [2.05, 4.69) is 10.3 Å². The van der Waals surface area contributed by atoms with Gasteiger partial charge >= 0.3 is 0 Å². The maximum atomic E-state index is 13.1. The first-order valence-corrected chi connectivity index (χ1v) is 8.75. The van der Waals surface area contributed by atoms with Gasteiger partial charge in [0.15, 0.2) is 0 Å². The number of pyridine rings is 1. The van der Waals surface area contributed by atoms with Crippen LogP contribution in [0.4, 0.5) is 5.69 Å². The largest absolute Gasteiger partial charge is 0.325 e. The van der Waals surface area contributed by atoms with E-state index in [9.17, 15) is 9.59 Å². The van der Waals surface area contributed by atoms with Crippen LogP contribution in [-0.2, 0) is 4.79 Å². The Morgan fingerprint density at radius 1 is 1.00 bits per heavy atom. The molecule has 1 saturated heterocycles. The molecule has 5 heteroatoms. The van der Waals surface area contributed by atoms with Crippen molar-refractivity contribution in [2.24, 2.45) is 0 Å². The van der Waals surface area contributed by atoms with Crippen molar-refractivity contribution in [3.05, 3.63) is 72.6 Å². The predicted molar refractivity (Wildman–Crippen MR) is 101 cm³/mol. The molecular formula is C21H19N3O2. The van der Waals surface area contributed by atoms with Crippen molar-refractivity contribution in [2.75, 3.05) is 11.9 Å². The smallest absolute Gasteiger partial charge is 0.273 e. The summed E-state index contributed by atoms with van der Waals surface area (Å²) in [6, 6.07) is 18.4. The fourth-order valence-corrected chi connectivity index (χ4v) is 3.46. The second-order valence-corrected chi connectivity index (χ2v) is 6.39. The molecule has 0 spiro atoms. The Hall–Kier alpha value is -3.21. The summed E-state index contributed by atoms with van der Waals surface area (Å²) in [5.41, 5.74) is 1.14. The number of carbonyl (C=O) groups is 2. The van der Waals surface area contributed by atoms with Crippen LogP contribution in [0, 0.1) is 0 Å². The van der Waals surface area contributed by atoms with Gasteiger partial charge in [-0.15, -0.1) is 0 Å². The molecule has 0 aliphatic carbocycles. The molecule has 1 N–H and O–H groups in total. The highest BCUT2D eigenvalue weighted by Crippen LogP contribution is 2.24. The molecule has 2 heterocycles. The summed E-state index contributed by atoms with van der Waals surface area (Å²) in [6.07, 6.45) is 3.11. The lowest BCUT2D eigenvalue weighted by Crippen LogP contribution is -2.43. The van der Waals surface area contributed by atoms with E-state index in [1.54, 1.807) is 11.1 Å². The van der Waals surface area contributed by atoms with Crippen molar-refractivity contribution in [3.8, 4) is 0 Å². The van der Waals surface area contributed by atoms with Crippen molar-refractivity contribution in [2.45, 2.75) is 18.9 Å². The van der Waals surface area contributed by atoms with Gasteiger partial charge in [0.25, 0.3) is 5.91 Å². The molecular weight excluding hydrogens is 326 g/mol. The molecule has 1 aromatic heterocycles.